The van der Waals surface area contributed by atoms with Crippen LogP contribution in [0.25, 0.3) is 0 Å². The van der Waals surface area contributed by atoms with Crippen molar-refractivity contribution in [3.63, 3.8) is 0 Å². The second-order valence-electron chi connectivity index (χ2n) is 5.28. The number of piperazine rings is 1. The SMILES string of the molecule is CC(O)C(C)c1nc(C2CN(C)CCN2C)no1. The molecule has 2 rings (SSSR count). The Morgan fingerprint density at radius 1 is 1.33 bits per heavy atom. The minimum Gasteiger partial charge on any atom is -0.393 e. The molecule has 1 fully saturated rings. The number of rotatable bonds is 3. The molecule has 2 heterocycles. The van der Waals surface area contributed by atoms with Crippen molar-refractivity contribution < 1.29 is 9.63 Å². The first-order chi connectivity index (χ1) is 8.49. The highest BCUT2D eigenvalue weighted by molar-refractivity contribution is 5.01. The lowest BCUT2D eigenvalue weighted by Crippen LogP contribution is -2.45. The molecule has 0 radical (unpaired) electrons. The summed E-state index contributed by atoms with van der Waals surface area (Å²) in [4.78, 5) is 8.93. The van der Waals surface area contributed by atoms with E-state index in [0.29, 0.717) is 11.7 Å². The first kappa shape index (κ1) is 13.5. The van der Waals surface area contributed by atoms with E-state index >= 15 is 0 Å². The molecule has 0 aromatic carbocycles. The van der Waals surface area contributed by atoms with E-state index in [0.717, 1.165) is 19.6 Å². The summed E-state index contributed by atoms with van der Waals surface area (Å²) in [5.41, 5.74) is 0. The number of nitrogens with zero attached hydrogens (tertiary/aromatic N) is 4. The first-order valence-electron chi connectivity index (χ1n) is 6.39. The molecule has 1 aromatic rings. The van der Waals surface area contributed by atoms with Gasteiger partial charge in [0.2, 0.25) is 5.89 Å². The lowest BCUT2D eigenvalue weighted by atomic mass is 10.1. The molecule has 1 saturated heterocycles. The van der Waals surface area contributed by atoms with Gasteiger partial charge in [0.05, 0.1) is 18.1 Å². The van der Waals surface area contributed by atoms with Gasteiger partial charge in [-0.1, -0.05) is 12.1 Å². The van der Waals surface area contributed by atoms with E-state index in [-0.39, 0.29) is 12.0 Å². The second-order valence-corrected chi connectivity index (χ2v) is 5.28. The number of aromatic nitrogens is 2. The first-order valence-corrected chi connectivity index (χ1v) is 6.39. The van der Waals surface area contributed by atoms with Gasteiger partial charge in [-0.2, -0.15) is 4.98 Å². The van der Waals surface area contributed by atoms with Gasteiger partial charge in [-0.3, -0.25) is 4.90 Å². The summed E-state index contributed by atoms with van der Waals surface area (Å²) in [5.74, 6) is 1.10. The highest BCUT2D eigenvalue weighted by atomic mass is 16.5. The molecule has 0 amide bonds. The Bertz CT molecular complexity index is 393. The Labute approximate surface area is 108 Å². The molecular weight excluding hydrogens is 232 g/mol. The van der Waals surface area contributed by atoms with Gasteiger partial charge in [0, 0.05) is 19.6 Å². The topological polar surface area (TPSA) is 65.6 Å². The van der Waals surface area contributed by atoms with E-state index in [1.807, 2.05) is 6.92 Å². The second kappa shape index (κ2) is 5.34. The van der Waals surface area contributed by atoms with Crippen molar-refractivity contribution in [2.24, 2.45) is 0 Å². The lowest BCUT2D eigenvalue weighted by molar-refractivity contribution is 0.108. The Morgan fingerprint density at radius 2 is 2.06 bits per heavy atom. The molecule has 0 saturated carbocycles. The van der Waals surface area contributed by atoms with Crippen molar-refractivity contribution in [2.45, 2.75) is 31.9 Å². The third-order valence-corrected chi connectivity index (χ3v) is 3.72. The summed E-state index contributed by atoms with van der Waals surface area (Å²) in [6.45, 7) is 6.57. The van der Waals surface area contributed by atoms with Crippen LogP contribution < -0.4 is 0 Å². The maximum absolute atomic E-state index is 9.54. The predicted molar refractivity (Wildman–Crippen MR) is 67.3 cm³/mol. The highest BCUT2D eigenvalue weighted by Gasteiger charge is 2.29. The Hall–Kier alpha value is -0.980. The molecule has 6 nitrogen and oxygen atoms in total. The molecule has 1 aliphatic heterocycles. The maximum atomic E-state index is 9.54. The number of hydrogen-bond acceptors (Lipinski definition) is 6. The summed E-state index contributed by atoms with van der Waals surface area (Å²) in [6.07, 6.45) is -0.481. The average molecular weight is 254 g/mol. The third-order valence-electron chi connectivity index (χ3n) is 3.72. The van der Waals surface area contributed by atoms with E-state index in [2.05, 4.69) is 34.0 Å². The molecule has 1 aliphatic rings. The molecule has 6 heteroatoms. The van der Waals surface area contributed by atoms with Crippen molar-refractivity contribution in [3.05, 3.63) is 11.7 Å². The lowest BCUT2D eigenvalue weighted by Gasteiger charge is -2.35. The smallest absolute Gasteiger partial charge is 0.232 e. The molecule has 3 unspecified atom stereocenters. The van der Waals surface area contributed by atoms with Gasteiger partial charge in [-0.05, 0) is 21.0 Å². The summed E-state index contributed by atoms with van der Waals surface area (Å²) >= 11 is 0. The molecule has 0 aliphatic carbocycles. The zero-order valence-corrected chi connectivity index (χ0v) is 11.5. The summed E-state index contributed by atoms with van der Waals surface area (Å²) < 4.78 is 5.26. The largest absolute Gasteiger partial charge is 0.393 e. The molecule has 1 aromatic heterocycles. The van der Waals surface area contributed by atoms with Crippen LogP contribution in [0.4, 0.5) is 0 Å². The molecule has 1 N–H and O–H groups in total. The number of aliphatic hydroxyl groups is 1. The minimum absolute atomic E-state index is 0.127. The van der Waals surface area contributed by atoms with Crippen molar-refractivity contribution in [1.82, 2.24) is 19.9 Å². The Kier molecular flexibility index (Phi) is 3.99. The molecule has 0 bridgehead atoms. The molecule has 0 spiro atoms. The minimum atomic E-state index is -0.481. The average Bonchev–Trinajstić information content (AvgIpc) is 2.80. The number of likely N-dealkylation sites (N-methyl/N-ethyl adjacent to an activating group) is 2. The Balaban J connectivity index is 2.13. The molecular formula is C12H22N4O2. The van der Waals surface area contributed by atoms with Crippen LogP contribution in [0.1, 0.15) is 37.5 Å². The monoisotopic (exact) mass is 254 g/mol. The molecule has 3 atom stereocenters. The normalized spacial score (nSPS) is 26.2. The van der Waals surface area contributed by atoms with Gasteiger partial charge < -0.3 is 14.5 Å². The van der Waals surface area contributed by atoms with E-state index in [1.165, 1.54) is 0 Å². The van der Waals surface area contributed by atoms with Gasteiger partial charge in [-0.25, -0.2) is 0 Å². The van der Waals surface area contributed by atoms with Crippen LogP contribution in [0.3, 0.4) is 0 Å². The fourth-order valence-corrected chi connectivity index (χ4v) is 2.06. The van der Waals surface area contributed by atoms with Gasteiger partial charge in [0.25, 0.3) is 0 Å². The zero-order valence-electron chi connectivity index (χ0n) is 11.5. The van der Waals surface area contributed by atoms with Gasteiger partial charge in [-0.15, -0.1) is 0 Å². The fraction of sp³-hybridized carbons (Fsp3) is 0.833. The number of aliphatic hydroxyl groups excluding tert-OH is 1. The molecule has 102 valence electrons. The summed E-state index contributed by atoms with van der Waals surface area (Å²) in [7, 11) is 4.17. The summed E-state index contributed by atoms with van der Waals surface area (Å²) in [6, 6.07) is 0.169. The van der Waals surface area contributed by atoms with Crippen LogP contribution in [0.2, 0.25) is 0 Å². The quantitative estimate of drug-likeness (QED) is 0.846. The van der Waals surface area contributed by atoms with Crippen LogP contribution in [0.5, 0.6) is 0 Å². The van der Waals surface area contributed by atoms with E-state index in [9.17, 15) is 5.11 Å². The van der Waals surface area contributed by atoms with E-state index < -0.39 is 6.10 Å². The van der Waals surface area contributed by atoms with Crippen molar-refractivity contribution in [2.75, 3.05) is 33.7 Å². The Morgan fingerprint density at radius 3 is 2.72 bits per heavy atom. The van der Waals surface area contributed by atoms with Gasteiger partial charge in [0.15, 0.2) is 5.82 Å². The number of hydrogen-bond donors (Lipinski definition) is 1. The van der Waals surface area contributed by atoms with Gasteiger partial charge in [0.1, 0.15) is 0 Å². The standard InChI is InChI=1S/C12H22N4O2/c1-8(9(2)17)12-13-11(14-18-12)10-7-15(3)5-6-16(10)4/h8-10,17H,5-7H2,1-4H3. The fourth-order valence-electron chi connectivity index (χ4n) is 2.06. The van der Waals surface area contributed by atoms with Crippen LogP contribution in [0.15, 0.2) is 4.52 Å². The highest BCUT2D eigenvalue weighted by Crippen LogP contribution is 2.23. The van der Waals surface area contributed by atoms with E-state index in [4.69, 9.17) is 4.52 Å². The van der Waals surface area contributed by atoms with Crippen LogP contribution in [-0.4, -0.2) is 64.9 Å². The van der Waals surface area contributed by atoms with Crippen LogP contribution in [0, 0.1) is 0 Å². The van der Waals surface area contributed by atoms with Crippen LogP contribution >= 0.6 is 0 Å². The van der Waals surface area contributed by atoms with Crippen molar-refractivity contribution >= 4 is 0 Å². The maximum Gasteiger partial charge on any atom is 0.232 e. The van der Waals surface area contributed by atoms with Crippen molar-refractivity contribution in [3.8, 4) is 0 Å². The third kappa shape index (κ3) is 2.71. The van der Waals surface area contributed by atoms with Crippen molar-refractivity contribution in [1.29, 1.82) is 0 Å². The van der Waals surface area contributed by atoms with Crippen LogP contribution in [-0.2, 0) is 0 Å². The molecule has 18 heavy (non-hydrogen) atoms. The predicted octanol–water partition coefficient (Wildman–Crippen LogP) is 0.472. The zero-order chi connectivity index (χ0) is 13.3. The van der Waals surface area contributed by atoms with Gasteiger partial charge >= 0.3 is 0 Å². The van der Waals surface area contributed by atoms with E-state index in [1.54, 1.807) is 6.92 Å². The summed E-state index contributed by atoms with van der Waals surface area (Å²) in [5, 5.41) is 13.6.